The Morgan fingerprint density at radius 2 is 2.08 bits per heavy atom. The van der Waals surface area contributed by atoms with E-state index in [4.69, 9.17) is 14.7 Å². The van der Waals surface area contributed by atoms with E-state index in [9.17, 15) is 4.79 Å². The molecule has 26 heavy (non-hydrogen) atoms. The van der Waals surface area contributed by atoms with Gasteiger partial charge in [-0.2, -0.15) is 5.26 Å². The molecule has 2 aromatic carbocycles. The zero-order valence-electron chi connectivity index (χ0n) is 14.4. The predicted octanol–water partition coefficient (Wildman–Crippen LogP) is 2.79. The third-order valence-electron chi connectivity index (χ3n) is 4.04. The van der Waals surface area contributed by atoms with Gasteiger partial charge in [-0.3, -0.25) is 4.79 Å². The number of rotatable bonds is 7. The first kappa shape index (κ1) is 17.4. The third kappa shape index (κ3) is 3.95. The fourth-order valence-corrected chi connectivity index (χ4v) is 2.73. The smallest absolute Gasteiger partial charge is 0.257 e. The molecule has 3 rings (SSSR count). The van der Waals surface area contributed by atoms with Crippen LogP contribution in [0.4, 0.5) is 0 Å². The Morgan fingerprint density at radius 1 is 1.23 bits per heavy atom. The molecule has 1 heterocycles. The summed E-state index contributed by atoms with van der Waals surface area (Å²) in [5, 5.41) is 12.9. The second-order valence-electron chi connectivity index (χ2n) is 5.73. The summed E-state index contributed by atoms with van der Waals surface area (Å²) in [6, 6.07) is 14.9. The van der Waals surface area contributed by atoms with Crippen molar-refractivity contribution in [3.63, 3.8) is 0 Å². The number of amides is 1. The molecule has 0 bridgehead atoms. The Morgan fingerprint density at radius 3 is 2.88 bits per heavy atom. The Bertz CT molecular complexity index is 956. The van der Waals surface area contributed by atoms with Crippen LogP contribution in [0.3, 0.4) is 0 Å². The van der Waals surface area contributed by atoms with E-state index in [1.807, 2.05) is 30.5 Å². The summed E-state index contributed by atoms with van der Waals surface area (Å²) in [6.45, 7) is 0.407. The molecule has 0 fully saturated rings. The predicted molar refractivity (Wildman–Crippen MR) is 98.2 cm³/mol. The summed E-state index contributed by atoms with van der Waals surface area (Å²) in [4.78, 5) is 15.2. The minimum atomic E-state index is -0.212. The molecule has 0 unspecified atom stereocenters. The Balaban J connectivity index is 1.50. The van der Waals surface area contributed by atoms with Crippen molar-refractivity contribution in [1.82, 2.24) is 10.3 Å². The molecule has 3 aromatic rings. The van der Waals surface area contributed by atoms with Gasteiger partial charge in [-0.1, -0.05) is 18.2 Å². The minimum Gasteiger partial charge on any atom is -0.493 e. The first-order chi connectivity index (χ1) is 12.7. The number of carbonyl (C=O) groups excluding carboxylic acids is 1. The molecule has 0 aliphatic carbocycles. The average molecular weight is 349 g/mol. The minimum absolute atomic E-state index is 0.115. The van der Waals surface area contributed by atoms with Gasteiger partial charge < -0.3 is 19.8 Å². The quantitative estimate of drug-likeness (QED) is 0.687. The van der Waals surface area contributed by atoms with Crippen molar-refractivity contribution in [2.45, 2.75) is 6.42 Å². The second-order valence-corrected chi connectivity index (χ2v) is 5.73. The van der Waals surface area contributed by atoms with E-state index in [-0.39, 0.29) is 12.5 Å². The van der Waals surface area contributed by atoms with Crippen molar-refractivity contribution in [3.8, 4) is 17.6 Å². The molecule has 0 aliphatic heterocycles. The lowest BCUT2D eigenvalue weighted by Gasteiger charge is -2.11. The normalized spacial score (nSPS) is 10.3. The zero-order chi connectivity index (χ0) is 18.4. The van der Waals surface area contributed by atoms with Crippen LogP contribution in [0.25, 0.3) is 10.9 Å². The molecular weight excluding hydrogens is 330 g/mol. The highest BCUT2D eigenvalue weighted by molar-refractivity contribution is 5.83. The number of ether oxygens (including phenoxy) is 2. The number of hydrogen-bond donors (Lipinski definition) is 2. The van der Waals surface area contributed by atoms with Gasteiger partial charge in [-0.25, -0.2) is 0 Å². The first-order valence-corrected chi connectivity index (χ1v) is 8.24. The fraction of sp³-hybridized carbons (Fsp3) is 0.200. The van der Waals surface area contributed by atoms with Gasteiger partial charge in [-0.05, 0) is 30.2 Å². The van der Waals surface area contributed by atoms with Crippen molar-refractivity contribution < 1.29 is 14.3 Å². The monoisotopic (exact) mass is 349 g/mol. The summed E-state index contributed by atoms with van der Waals surface area (Å²) in [5.74, 6) is 0.644. The number of H-pyrrole nitrogens is 1. The van der Waals surface area contributed by atoms with Crippen LogP contribution >= 0.6 is 0 Å². The van der Waals surface area contributed by atoms with E-state index in [0.29, 0.717) is 23.6 Å². The molecule has 6 nitrogen and oxygen atoms in total. The van der Waals surface area contributed by atoms with E-state index in [1.165, 1.54) is 12.5 Å². The van der Waals surface area contributed by atoms with Gasteiger partial charge in [0.2, 0.25) is 0 Å². The zero-order valence-corrected chi connectivity index (χ0v) is 14.4. The Hall–Kier alpha value is -3.46. The maximum absolute atomic E-state index is 12.0. The van der Waals surface area contributed by atoms with Crippen LogP contribution in [0.5, 0.6) is 11.5 Å². The molecule has 0 saturated heterocycles. The average Bonchev–Trinajstić information content (AvgIpc) is 3.09. The largest absolute Gasteiger partial charge is 0.493 e. The highest BCUT2D eigenvalue weighted by atomic mass is 16.5. The number of aromatic nitrogens is 1. The van der Waals surface area contributed by atoms with Crippen LogP contribution in [0.1, 0.15) is 11.1 Å². The topological polar surface area (TPSA) is 87.1 Å². The van der Waals surface area contributed by atoms with Crippen molar-refractivity contribution in [1.29, 1.82) is 5.26 Å². The van der Waals surface area contributed by atoms with Gasteiger partial charge in [0.15, 0.2) is 18.1 Å². The summed E-state index contributed by atoms with van der Waals surface area (Å²) >= 11 is 0. The van der Waals surface area contributed by atoms with Crippen LogP contribution < -0.4 is 14.8 Å². The van der Waals surface area contributed by atoms with Gasteiger partial charge in [0.25, 0.3) is 5.91 Å². The van der Waals surface area contributed by atoms with Crippen LogP contribution in [0, 0.1) is 11.3 Å². The van der Waals surface area contributed by atoms with Gasteiger partial charge >= 0.3 is 0 Å². The lowest BCUT2D eigenvalue weighted by Crippen LogP contribution is -2.30. The van der Waals surface area contributed by atoms with Crippen LogP contribution in [0.15, 0.2) is 48.7 Å². The van der Waals surface area contributed by atoms with E-state index >= 15 is 0 Å². The number of benzene rings is 2. The number of aromatic amines is 1. The maximum atomic E-state index is 12.0. The van der Waals surface area contributed by atoms with Gasteiger partial charge in [-0.15, -0.1) is 0 Å². The molecule has 0 radical (unpaired) electrons. The SMILES string of the molecule is COc1cc(C#N)ccc1OCC(=O)NCCc1c[nH]c2ccccc12. The number of hydrogen-bond acceptors (Lipinski definition) is 4. The number of carbonyl (C=O) groups is 1. The lowest BCUT2D eigenvalue weighted by molar-refractivity contribution is -0.123. The van der Waals surface area contributed by atoms with Crippen LogP contribution in [-0.2, 0) is 11.2 Å². The van der Waals surface area contributed by atoms with Crippen molar-refractivity contribution in [3.05, 3.63) is 59.8 Å². The Kier molecular flexibility index (Phi) is 5.40. The van der Waals surface area contributed by atoms with Crippen LogP contribution in [-0.4, -0.2) is 31.2 Å². The second kappa shape index (κ2) is 8.08. The molecule has 0 atom stereocenters. The van der Waals surface area contributed by atoms with Crippen molar-refractivity contribution >= 4 is 16.8 Å². The van der Waals surface area contributed by atoms with E-state index < -0.39 is 0 Å². The fourth-order valence-electron chi connectivity index (χ4n) is 2.73. The number of nitrogens with zero attached hydrogens (tertiary/aromatic N) is 1. The Labute approximate surface area is 151 Å². The highest BCUT2D eigenvalue weighted by Gasteiger charge is 2.09. The third-order valence-corrected chi connectivity index (χ3v) is 4.04. The standard InChI is InChI=1S/C20H19N3O3/c1-25-19-10-14(11-21)6-7-18(19)26-13-20(24)22-9-8-15-12-23-17-5-3-2-4-16(15)17/h2-7,10,12,23H,8-9,13H2,1H3,(H,22,24). The van der Waals surface area contributed by atoms with Gasteiger partial charge in [0.1, 0.15) is 0 Å². The molecule has 0 spiro atoms. The summed E-state index contributed by atoms with van der Waals surface area (Å²) < 4.78 is 10.7. The highest BCUT2D eigenvalue weighted by Crippen LogP contribution is 2.27. The molecule has 2 N–H and O–H groups in total. The van der Waals surface area contributed by atoms with E-state index in [2.05, 4.69) is 16.4 Å². The molecule has 132 valence electrons. The summed E-state index contributed by atoms with van der Waals surface area (Å²) in [6.07, 6.45) is 2.70. The van der Waals surface area contributed by atoms with Crippen molar-refractivity contribution in [2.24, 2.45) is 0 Å². The van der Waals surface area contributed by atoms with Crippen LogP contribution in [0.2, 0.25) is 0 Å². The van der Waals surface area contributed by atoms with Gasteiger partial charge in [0.05, 0.1) is 18.7 Å². The number of methoxy groups -OCH3 is 1. The van der Waals surface area contributed by atoms with E-state index in [1.54, 1.807) is 18.2 Å². The first-order valence-electron chi connectivity index (χ1n) is 8.24. The maximum Gasteiger partial charge on any atom is 0.257 e. The summed E-state index contributed by atoms with van der Waals surface area (Å²) in [5.41, 5.74) is 2.72. The molecule has 0 aliphatic rings. The lowest BCUT2D eigenvalue weighted by atomic mass is 10.1. The van der Waals surface area contributed by atoms with E-state index in [0.717, 1.165) is 17.5 Å². The molecule has 0 saturated carbocycles. The summed E-state index contributed by atoms with van der Waals surface area (Å²) in [7, 11) is 1.49. The number of para-hydroxylation sites is 1. The molecular formula is C20H19N3O3. The van der Waals surface area contributed by atoms with Gasteiger partial charge in [0, 0.05) is 29.7 Å². The molecule has 1 amide bonds. The number of nitrogens with one attached hydrogen (secondary N) is 2. The molecule has 1 aromatic heterocycles. The number of fused-ring (bicyclic) bond motifs is 1. The number of nitriles is 1. The molecule has 6 heteroatoms. The van der Waals surface area contributed by atoms with Crippen molar-refractivity contribution in [2.75, 3.05) is 20.3 Å².